The van der Waals surface area contributed by atoms with Gasteiger partial charge in [-0.2, -0.15) is 0 Å². The predicted octanol–water partition coefficient (Wildman–Crippen LogP) is 4.30. The van der Waals surface area contributed by atoms with Crippen molar-refractivity contribution in [1.29, 1.82) is 0 Å². The molecule has 112 valence electrons. The van der Waals surface area contributed by atoms with E-state index in [9.17, 15) is 13.2 Å². The van der Waals surface area contributed by atoms with Gasteiger partial charge in [-0.3, -0.25) is 0 Å². The Balaban J connectivity index is 1.77. The fourth-order valence-corrected chi connectivity index (χ4v) is 2.08. The van der Waals surface area contributed by atoms with Gasteiger partial charge in [0.15, 0.2) is 0 Å². The van der Waals surface area contributed by atoms with E-state index in [2.05, 4.69) is 15.0 Å². The van der Waals surface area contributed by atoms with Gasteiger partial charge in [-0.15, -0.1) is 13.2 Å². The van der Waals surface area contributed by atoms with E-state index in [1.807, 2.05) is 36.4 Å². The molecule has 0 radical (unpaired) electrons. The molecule has 2 N–H and O–H groups in total. The highest BCUT2D eigenvalue weighted by molar-refractivity contribution is 5.76. The summed E-state index contributed by atoms with van der Waals surface area (Å²) < 4.78 is 40.1. The van der Waals surface area contributed by atoms with Crippen LogP contribution in [-0.4, -0.2) is 6.36 Å². The third-order valence-electron chi connectivity index (χ3n) is 3.03. The largest absolute Gasteiger partial charge is 0.573 e. The van der Waals surface area contributed by atoms with Crippen LogP contribution in [-0.2, 0) is 0 Å². The Morgan fingerprint density at radius 1 is 0.864 bits per heavy atom. The molecule has 0 unspecified atom stereocenters. The van der Waals surface area contributed by atoms with Gasteiger partial charge in [0.2, 0.25) is 0 Å². The molecule has 6 heteroatoms. The quantitative estimate of drug-likeness (QED) is 0.783. The maximum atomic E-state index is 12.1. The minimum absolute atomic E-state index is 0.249. The second-order valence-corrected chi connectivity index (χ2v) is 4.66. The number of hydrogen-bond donors (Lipinski definition) is 1. The highest BCUT2D eigenvalue weighted by atomic mass is 19.4. The van der Waals surface area contributed by atoms with E-state index in [0.29, 0.717) is 5.69 Å². The van der Waals surface area contributed by atoms with E-state index in [4.69, 9.17) is 0 Å². The number of ether oxygens (including phenoxy) is 1. The summed E-state index contributed by atoms with van der Waals surface area (Å²) in [5, 5.41) is 4.17. The van der Waals surface area contributed by atoms with Crippen LogP contribution < -0.4 is 15.0 Å². The van der Waals surface area contributed by atoms with E-state index in [1.165, 1.54) is 24.3 Å². The van der Waals surface area contributed by atoms with E-state index in [0.717, 1.165) is 16.7 Å². The minimum Gasteiger partial charge on any atom is -0.406 e. The summed E-state index contributed by atoms with van der Waals surface area (Å²) in [6.45, 7) is 0. The molecule has 0 aliphatic rings. The number of anilines is 2. The lowest BCUT2D eigenvalue weighted by atomic mass is 10.2. The lowest BCUT2D eigenvalue weighted by molar-refractivity contribution is -0.326. The molecule has 3 nitrogen and oxygen atoms in total. The van der Waals surface area contributed by atoms with Gasteiger partial charge < -0.3 is 4.74 Å². The zero-order chi connectivity index (χ0) is 15.6. The van der Waals surface area contributed by atoms with Gasteiger partial charge in [0, 0.05) is 11.5 Å². The molecule has 0 spiro atoms. The van der Waals surface area contributed by atoms with Crippen molar-refractivity contribution in [2.45, 2.75) is 6.36 Å². The molecular formula is C16H12F3N2O+. The average molecular weight is 305 g/mol. The van der Waals surface area contributed by atoms with Gasteiger partial charge in [0.05, 0.1) is 0 Å². The summed E-state index contributed by atoms with van der Waals surface area (Å²) in [4.78, 5) is 3.21. The number of rotatable bonds is 3. The molecule has 2 aromatic carbocycles. The van der Waals surface area contributed by atoms with Gasteiger partial charge in [0.1, 0.15) is 17.0 Å². The second-order valence-electron chi connectivity index (χ2n) is 4.66. The van der Waals surface area contributed by atoms with Crippen LogP contribution in [0.1, 0.15) is 0 Å². The number of para-hydroxylation sites is 1. The molecule has 0 fully saturated rings. The monoisotopic (exact) mass is 305 g/mol. The SMILES string of the molecule is FC(F)(F)Oc1ccc(Nc2ccc3ccccc3[nH+]2)cc1. The number of hydrogen-bond acceptors (Lipinski definition) is 2. The molecule has 3 aromatic rings. The zero-order valence-corrected chi connectivity index (χ0v) is 11.3. The van der Waals surface area contributed by atoms with Gasteiger partial charge in [-0.25, -0.2) is 10.3 Å². The first-order chi connectivity index (χ1) is 10.5. The number of alkyl halides is 3. The predicted molar refractivity (Wildman–Crippen MR) is 76.9 cm³/mol. The Bertz CT molecular complexity index is 785. The molecule has 0 saturated heterocycles. The fourth-order valence-electron chi connectivity index (χ4n) is 2.08. The van der Waals surface area contributed by atoms with Crippen LogP contribution in [0.4, 0.5) is 24.7 Å². The third-order valence-corrected chi connectivity index (χ3v) is 3.03. The Hall–Kier alpha value is -2.76. The fraction of sp³-hybridized carbons (Fsp3) is 0.0625. The molecule has 22 heavy (non-hydrogen) atoms. The Kier molecular flexibility index (Phi) is 3.58. The molecule has 0 aliphatic heterocycles. The third kappa shape index (κ3) is 3.46. The van der Waals surface area contributed by atoms with Gasteiger partial charge in [-0.1, -0.05) is 18.2 Å². The molecule has 0 saturated carbocycles. The zero-order valence-electron chi connectivity index (χ0n) is 11.3. The van der Waals surface area contributed by atoms with Gasteiger partial charge in [0.25, 0.3) is 5.82 Å². The molecule has 0 amide bonds. The lowest BCUT2D eigenvalue weighted by Crippen LogP contribution is -2.17. The molecule has 0 atom stereocenters. The standard InChI is InChI=1S/C16H11F3N2O/c17-16(18,19)22-13-8-6-12(7-9-13)20-15-10-5-11-3-1-2-4-14(11)21-15/h1-10H,(H,20,21)/p+1. The summed E-state index contributed by atoms with van der Waals surface area (Å²) in [5.41, 5.74) is 1.62. The molecule has 0 aliphatic carbocycles. The van der Waals surface area contributed by atoms with Crippen LogP contribution in [0, 0.1) is 0 Å². The van der Waals surface area contributed by atoms with Crippen molar-refractivity contribution in [3.05, 3.63) is 60.7 Å². The minimum atomic E-state index is -4.68. The van der Waals surface area contributed by atoms with Crippen molar-refractivity contribution in [3.63, 3.8) is 0 Å². The van der Waals surface area contributed by atoms with Crippen molar-refractivity contribution in [2.24, 2.45) is 0 Å². The van der Waals surface area contributed by atoms with Crippen LogP contribution >= 0.6 is 0 Å². The number of H-pyrrole nitrogens is 1. The number of halogens is 3. The summed E-state index contributed by atoms with van der Waals surface area (Å²) in [6.07, 6.45) is -4.68. The van der Waals surface area contributed by atoms with Crippen molar-refractivity contribution in [2.75, 3.05) is 5.32 Å². The summed E-state index contributed by atoms with van der Waals surface area (Å²) in [6, 6.07) is 17.2. The molecule has 0 bridgehead atoms. The van der Waals surface area contributed by atoms with Crippen molar-refractivity contribution < 1.29 is 22.9 Å². The Labute approximate surface area is 124 Å². The topological polar surface area (TPSA) is 35.4 Å². The normalized spacial score (nSPS) is 11.4. The van der Waals surface area contributed by atoms with Gasteiger partial charge >= 0.3 is 6.36 Å². The summed E-state index contributed by atoms with van der Waals surface area (Å²) in [5.74, 6) is 0.490. The second kappa shape index (κ2) is 5.55. The maximum Gasteiger partial charge on any atom is 0.573 e. The first-order valence-corrected chi connectivity index (χ1v) is 6.53. The van der Waals surface area contributed by atoms with Crippen LogP contribution in [0.3, 0.4) is 0 Å². The first kappa shape index (κ1) is 14.2. The number of fused-ring (bicyclic) bond motifs is 1. The Morgan fingerprint density at radius 3 is 2.32 bits per heavy atom. The first-order valence-electron chi connectivity index (χ1n) is 6.53. The number of nitrogens with one attached hydrogen (secondary N) is 2. The highest BCUT2D eigenvalue weighted by Gasteiger charge is 2.31. The molecule has 1 aromatic heterocycles. The van der Waals surface area contributed by atoms with Crippen LogP contribution in [0.25, 0.3) is 10.9 Å². The number of aromatic amines is 1. The van der Waals surface area contributed by atoms with Crippen molar-refractivity contribution in [1.82, 2.24) is 0 Å². The number of pyridine rings is 1. The summed E-state index contributed by atoms with van der Waals surface area (Å²) >= 11 is 0. The van der Waals surface area contributed by atoms with Crippen molar-refractivity contribution >= 4 is 22.4 Å². The van der Waals surface area contributed by atoms with Crippen LogP contribution in [0.15, 0.2) is 60.7 Å². The van der Waals surface area contributed by atoms with E-state index >= 15 is 0 Å². The van der Waals surface area contributed by atoms with Crippen molar-refractivity contribution in [3.8, 4) is 5.75 Å². The lowest BCUT2D eigenvalue weighted by Gasteiger charge is -2.08. The van der Waals surface area contributed by atoms with Gasteiger partial charge in [-0.05, 0) is 36.4 Å². The smallest absolute Gasteiger partial charge is 0.406 e. The van der Waals surface area contributed by atoms with E-state index in [1.54, 1.807) is 0 Å². The van der Waals surface area contributed by atoms with E-state index in [-0.39, 0.29) is 5.75 Å². The van der Waals surface area contributed by atoms with Crippen LogP contribution in [0.2, 0.25) is 0 Å². The molecule has 3 rings (SSSR count). The van der Waals surface area contributed by atoms with E-state index < -0.39 is 6.36 Å². The maximum absolute atomic E-state index is 12.1. The Morgan fingerprint density at radius 2 is 1.59 bits per heavy atom. The van der Waals surface area contributed by atoms with Crippen LogP contribution in [0.5, 0.6) is 5.75 Å². The average Bonchev–Trinajstić information content (AvgIpc) is 2.48. The number of aromatic nitrogens is 1. The number of benzene rings is 2. The highest BCUT2D eigenvalue weighted by Crippen LogP contribution is 2.24. The molecular weight excluding hydrogens is 293 g/mol. The molecule has 1 heterocycles. The summed E-state index contributed by atoms with van der Waals surface area (Å²) in [7, 11) is 0.